The first kappa shape index (κ1) is 76.1. The van der Waals surface area contributed by atoms with Gasteiger partial charge in [-0.3, -0.25) is 48.2 Å². The molecular formula is C74H87N11O19S2. The smallest absolute Gasteiger partial charge is 0.410 e. The summed E-state index contributed by atoms with van der Waals surface area (Å²) in [5.74, 6) is -7.81. The first-order valence-electron chi connectivity index (χ1n) is 35.2. The van der Waals surface area contributed by atoms with E-state index < -0.39 is 138 Å². The van der Waals surface area contributed by atoms with Crippen LogP contribution in [0.5, 0.6) is 0 Å². The van der Waals surface area contributed by atoms with Gasteiger partial charge < -0.3 is 60.8 Å². The maximum atomic E-state index is 14.4. The second-order valence-corrected chi connectivity index (χ2v) is 33.1. The molecule has 7 amide bonds. The quantitative estimate of drug-likeness (QED) is 0.0208. The van der Waals surface area contributed by atoms with Gasteiger partial charge in [-0.25, -0.2) is 24.4 Å². The molecule has 7 aliphatic rings. The van der Waals surface area contributed by atoms with Gasteiger partial charge in [0.1, 0.15) is 49.4 Å². The summed E-state index contributed by atoms with van der Waals surface area (Å²) < 4.78 is 49.0. The third-order valence-corrected chi connectivity index (χ3v) is 23.2. The highest BCUT2D eigenvalue weighted by molar-refractivity contribution is 7.85. The van der Waals surface area contributed by atoms with E-state index in [0.29, 0.717) is 71.4 Å². The Morgan fingerprint density at radius 3 is 2.20 bits per heavy atom. The molecule has 0 spiro atoms. The number of carbonyl (C=O) groups excluding carboxylic acids is 7. The lowest BCUT2D eigenvalue weighted by atomic mass is 9.35. The molecule has 32 heteroatoms. The van der Waals surface area contributed by atoms with E-state index in [1.165, 1.54) is 41.4 Å². The highest BCUT2D eigenvalue weighted by atomic mass is 32.2. The summed E-state index contributed by atoms with van der Waals surface area (Å²) in [6.07, 6.45) is 0.101. The number of pyridine rings is 1. The SMILES string of the molecule is Cc1c(-c2ccc(N3CCc4cccc(C(=O)Nc5nc6ccccc6s5)c4C3)nc2C(=O)O)cnn1CC12CC3(C)CC(C)(CC(CCCN(CCS(=O)(=O)O)C(=O)OCc4ccc(NC(=O)[C@H](C)NC(=O)[C@@H](NC(=O)CN5C(=O)C=CC5=O)C(C)C)cc4C[C@@H]4O[C@H](C(=O)O)[C@@H](O)[C@H](O)[C@H]4O)(C3)C1)C2. The standard InChI is InChI=1S/C74H87N11O19S2/c1-40(2)58(80-55(86)31-84-56(87)19-20-57(84)88)66(94)76-41(3)64(92)77-46-16-15-44(45(27-46)28-52-60(89)61(90)62(91)63(104-52)68(97)98)32-103-70(99)82(25-26-106(100,101)102)23-10-22-73-34-71(5)33-72(6,35-73)37-74(36-71,38-73)39-85-42(4)49(29-75-85)47-17-18-54(79-59(47)67(95)96)83-24-21-43-11-9-12-48(50(43)30-83)65(93)81-69-78-51-13-7-8-14-53(51)105-69/h7-9,11-20,27,29,40-41,52,58,60-63,89-91H,10,21-26,28,30-39H2,1-6H3,(H,76,94)(H,77,92)(H,80,86)(H,95,96)(H,97,98)(H,78,81,93)(H,100,101,102)/t41-,52-,58-,60-,61+,62-,63-,71?,72?,73?,74?/m0/s1. The van der Waals surface area contributed by atoms with Crippen LogP contribution in [-0.2, 0) is 80.9 Å². The number of thiazole rings is 1. The van der Waals surface area contributed by atoms with E-state index in [1.54, 1.807) is 32.2 Å². The number of aliphatic carboxylic acids is 1. The number of nitrogens with zero attached hydrogens (tertiary/aromatic N) is 7. The average molecular weight is 1500 g/mol. The van der Waals surface area contributed by atoms with Crippen LogP contribution in [0.4, 0.5) is 21.4 Å². The van der Waals surface area contributed by atoms with Crippen molar-refractivity contribution in [3.05, 3.63) is 130 Å². The molecule has 3 aromatic heterocycles. The van der Waals surface area contributed by atoms with E-state index in [9.17, 15) is 81.7 Å². The van der Waals surface area contributed by atoms with Crippen LogP contribution in [-0.4, -0.2) is 196 Å². The summed E-state index contributed by atoms with van der Waals surface area (Å²) in [6, 6.07) is 18.6. The molecule has 10 N–H and O–H groups in total. The zero-order chi connectivity index (χ0) is 76.1. The Morgan fingerprint density at radius 1 is 0.792 bits per heavy atom. The molecule has 13 rings (SSSR count). The van der Waals surface area contributed by atoms with Crippen molar-refractivity contribution in [3.63, 3.8) is 0 Å². The number of aliphatic hydroxyl groups excluding tert-OH is 3. The average Bonchev–Trinajstić information content (AvgIpc) is 0.705. The number of nitrogens with one attached hydrogen (secondary N) is 4. The number of aromatic nitrogens is 4. The number of aliphatic hydroxyl groups is 3. The van der Waals surface area contributed by atoms with Crippen LogP contribution < -0.4 is 26.2 Å². The lowest BCUT2D eigenvalue weighted by Gasteiger charge is -2.70. The number of para-hydroxylation sites is 1. The Hall–Kier alpha value is -9.57. The molecular weight excluding hydrogens is 1410 g/mol. The highest BCUT2D eigenvalue weighted by Gasteiger charge is 2.65. The number of carbonyl (C=O) groups is 9. The van der Waals surface area contributed by atoms with E-state index in [0.717, 1.165) is 77.7 Å². The summed E-state index contributed by atoms with van der Waals surface area (Å²) in [5, 5.41) is 69.2. The number of aromatic carboxylic acids is 1. The number of amides is 7. The van der Waals surface area contributed by atoms with Gasteiger partial charge in [0.2, 0.25) is 17.7 Å². The number of ether oxygens (including phenoxy) is 2. The minimum atomic E-state index is -4.61. The summed E-state index contributed by atoms with van der Waals surface area (Å²) in [4.78, 5) is 131. The second kappa shape index (κ2) is 30.0. The van der Waals surface area contributed by atoms with E-state index >= 15 is 0 Å². The molecule has 6 heterocycles. The van der Waals surface area contributed by atoms with Gasteiger partial charge in [-0.05, 0) is 164 Å². The third-order valence-electron chi connectivity index (χ3n) is 21.6. The summed E-state index contributed by atoms with van der Waals surface area (Å²) in [6.45, 7) is 11.0. The predicted molar refractivity (Wildman–Crippen MR) is 385 cm³/mol. The van der Waals surface area contributed by atoms with E-state index in [2.05, 4.69) is 40.1 Å². The fourth-order valence-electron chi connectivity index (χ4n) is 18.0. The molecule has 2 unspecified atom stereocenters. The Labute approximate surface area is 614 Å². The van der Waals surface area contributed by atoms with Gasteiger partial charge in [-0.2, -0.15) is 13.5 Å². The van der Waals surface area contributed by atoms with Gasteiger partial charge in [-0.1, -0.05) is 69.4 Å². The summed E-state index contributed by atoms with van der Waals surface area (Å²) >= 11 is 1.39. The number of benzene rings is 3. The van der Waals surface area contributed by atoms with Crippen LogP contribution in [0.15, 0.2) is 91.1 Å². The topological polar surface area (TPSA) is 429 Å². The number of carboxylic acid groups (broad SMARTS) is 2. The molecule has 5 fully saturated rings. The largest absolute Gasteiger partial charge is 0.479 e. The minimum Gasteiger partial charge on any atom is -0.479 e. The molecule has 4 bridgehead atoms. The summed E-state index contributed by atoms with van der Waals surface area (Å²) in [5.41, 5.74) is 4.64. The fraction of sp³-hybridized carbons (Fsp3) is 0.486. The lowest BCUT2D eigenvalue weighted by Crippen LogP contribution is -2.60. The number of fused-ring (bicyclic) bond motifs is 2. The molecule has 3 aliphatic heterocycles. The Bertz CT molecular complexity index is 4580. The number of carboxylic acids is 2. The van der Waals surface area contributed by atoms with Crippen molar-refractivity contribution in [2.75, 3.05) is 47.5 Å². The molecule has 30 nitrogen and oxygen atoms in total. The first-order chi connectivity index (χ1) is 50.1. The molecule has 106 heavy (non-hydrogen) atoms. The zero-order valence-electron chi connectivity index (χ0n) is 59.4. The van der Waals surface area contributed by atoms with E-state index in [1.807, 2.05) is 59.0 Å². The number of rotatable bonds is 27. The Morgan fingerprint density at radius 2 is 1.51 bits per heavy atom. The van der Waals surface area contributed by atoms with Crippen molar-refractivity contribution in [3.8, 4) is 11.1 Å². The van der Waals surface area contributed by atoms with E-state index in [-0.39, 0.29) is 56.6 Å². The maximum Gasteiger partial charge on any atom is 0.410 e. The normalized spacial score (nSPS) is 25.1. The minimum absolute atomic E-state index is 0.0139. The van der Waals surface area contributed by atoms with Gasteiger partial charge in [0, 0.05) is 79.4 Å². The number of anilines is 3. The number of hydrogen-bond donors (Lipinski definition) is 10. The van der Waals surface area contributed by atoms with Crippen LogP contribution in [0.1, 0.15) is 135 Å². The van der Waals surface area contributed by atoms with Gasteiger partial charge in [0.05, 0.1) is 28.3 Å². The summed E-state index contributed by atoms with van der Waals surface area (Å²) in [7, 11) is -4.61. The van der Waals surface area contributed by atoms with Crippen LogP contribution in [0.3, 0.4) is 0 Å². The molecule has 9 atom stereocenters. The first-order valence-corrected chi connectivity index (χ1v) is 37.7. The highest BCUT2D eigenvalue weighted by Crippen LogP contribution is 2.75. The van der Waals surface area contributed by atoms with Crippen LogP contribution in [0.2, 0.25) is 0 Å². The molecule has 4 saturated carbocycles. The van der Waals surface area contributed by atoms with Crippen LogP contribution in [0.25, 0.3) is 21.3 Å². The maximum absolute atomic E-state index is 14.4. The Kier molecular flexibility index (Phi) is 21.5. The molecule has 3 aromatic carbocycles. The van der Waals surface area contributed by atoms with Crippen molar-refractivity contribution in [2.24, 2.45) is 27.6 Å². The predicted octanol–water partition coefficient (Wildman–Crippen LogP) is 6.04. The molecule has 1 saturated heterocycles. The van der Waals surface area contributed by atoms with Gasteiger partial charge in [0.15, 0.2) is 16.9 Å². The van der Waals surface area contributed by atoms with Crippen molar-refractivity contribution < 1.29 is 91.1 Å². The molecule has 564 valence electrons. The van der Waals surface area contributed by atoms with Crippen molar-refractivity contribution in [1.29, 1.82) is 0 Å². The van der Waals surface area contributed by atoms with E-state index in [4.69, 9.17) is 19.6 Å². The lowest BCUT2D eigenvalue weighted by molar-refractivity contribution is -0.227. The third kappa shape index (κ3) is 16.5. The number of hydrogen-bond acceptors (Lipinski definition) is 21. The molecule has 4 aliphatic carbocycles. The van der Waals surface area contributed by atoms with Crippen molar-refractivity contribution >= 4 is 102 Å². The van der Waals surface area contributed by atoms with Gasteiger partial charge in [-0.15, -0.1) is 0 Å². The zero-order valence-corrected chi connectivity index (χ0v) is 61.1. The second-order valence-electron chi connectivity index (χ2n) is 30.5. The van der Waals surface area contributed by atoms with Gasteiger partial charge in [0.25, 0.3) is 27.8 Å². The fourth-order valence-corrected chi connectivity index (χ4v) is 19.3. The van der Waals surface area contributed by atoms with Crippen LogP contribution >= 0.6 is 11.3 Å². The molecule has 0 radical (unpaired) electrons. The van der Waals surface area contributed by atoms with Crippen molar-refractivity contribution in [1.82, 2.24) is 40.2 Å². The van der Waals surface area contributed by atoms with Crippen molar-refractivity contribution in [2.45, 2.75) is 168 Å². The Balaban J connectivity index is 0.719. The van der Waals surface area contributed by atoms with Gasteiger partial charge >= 0.3 is 18.0 Å². The number of imide groups is 1. The molecule has 6 aromatic rings. The monoisotopic (exact) mass is 1500 g/mol. The van der Waals surface area contributed by atoms with Crippen LogP contribution in [0, 0.1) is 34.5 Å².